The van der Waals surface area contributed by atoms with Gasteiger partial charge in [-0.2, -0.15) is 0 Å². The molecule has 1 aromatic rings. The van der Waals surface area contributed by atoms with Crippen molar-refractivity contribution in [3.05, 3.63) is 17.6 Å². The van der Waals surface area contributed by atoms with Crippen molar-refractivity contribution in [2.24, 2.45) is 0 Å². The normalized spacial score (nSPS) is 20.2. The Bertz CT molecular complexity index is 450. The molecule has 1 aliphatic heterocycles. The van der Waals surface area contributed by atoms with E-state index in [0.29, 0.717) is 6.04 Å². The highest BCUT2D eigenvalue weighted by atomic mass is 15.2. The van der Waals surface area contributed by atoms with Gasteiger partial charge in [0.1, 0.15) is 0 Å². The van der Waals surface area contributed by atoms with Crippen LogP contribution in [0, 0.1) is 13.8 Å². The zero-order chi connectivity index (χ0) is 14.8. The zero-order valence-corrected chi connectivity index (χ0v) is 13.5. The second-order valence-corrected chi connectivity index (χ2v) is 6.89. The van der Waals surface area contributed by atoms with E-state index in [1.807, 2.05) is 13.1 Å². The Hall–Kier alpha value is -1.16. The van der Waals surface area contributed by atoms with Crippen molar-refractivity contribution in [3.8, 4) is 0 Å². The quantitative estimate of drug-likeness (QED) is 0.921. The van der Waals surface area contributed by atoms with Crippen LogP contribution in [0.3, 0.4) is 0 Å². The molecular formula is C16H28N4. The van der Waals surface area contributed by atoms with Gasteiger partial charge in [0.05, 0.1) is 11.4 Å². The van der Waals surface area contributed by atoms with Crippen molar-refractivity contribution in [1.82, 2.24) is 15.3 Å². The first kappa shape index (κ1) is 15.2. The first-order valence-electron chi connectivity index (χ1n) is 7.69. The van der Waals surface area contributed by atoms with Crippen molar-refractivity contribution in [2.75, 3.05) is 18.0 Å². The maximum absolute atomic E-state index is 4.73. The highest BCUT2D eigenvalue weighted by Gasteiger charge is 2.26. The van der Waals surface area contributed by atoms with Crippen LogP contribution in [0.15, 0.2) is 6.20 Å². The first-order valence-corrected chi connectivity index (χ1v) is 7.69. The summed E-state index contributed by atoms with van der Waals surface area (Å²) in [4.78, 5) is 11.7. The number of aromatic nitrogens is 2. The number of hydrogen-bond donors (Lipinski definition) is 1. The SMILES string of the molecule is Cc1cnc(C)c(N2CCCCC2CNC(C)(C)C)n1. The lowest BCUT2D eigenvalue weighted by atomic mass is 10.00. The third kappa shape index (κ3) is 3.92. The molecule has 0 aromatic carbocycles. The summed E-state index contributed by atoms with van der Waals surface area (Å²) in [7, 11) is 0. The highest BCUT2D eigenvalue weighted by molar-refractivity contribution is 5.45. The summed E-state index contributed by atoms with van der Waals surface area (Å²) in [5.74, 6) is 1.07. The average molecular weight is 276 g/mol. The molecule has 4 nitrogen and oxygen atoms in total. The van der Waals surface area contributed by atoms with Gasteiger partial charge in [-0.15, -0.1) is 0 Å². The minimum atomic E-state index is 0.163. The van der Waals surface area contributed by atoms with Crippen LogP contribution in [-0.2, 0) is 0 Å². The molecule has 1 fully saturated rings. The van der Waals surface area contributed by atoms with Crippen molar-refractivity contribution < 1.29 is 0 Å². The Morgan fingerprint density at radius 3 is 2.75 bits per heavy atom. The van der Waals surface area contributed by atoms with Crippen molar-refractivity contribution in [3.63, 3.8) is 0 Å². The van der Waals surface area contributed by atoms with E-state index in [-0.39, 0.29) is 5.54 Å². The van der Waals surface area contributed by atoms with E-state index in [9.17, 15) is 0 Å². The number of anilines is 1. The van der Waals surface area contributed by atoms with Gasteiger partial charge in [-0.3, -0.25) is 4.98 Å². The Morgan fingerprint density at radius 2 is 2.05 bits per heavy atom. The van der Waals surface area contributed by atoms with Crippen molar-refractivity contribution in [1.29, 1.82) is 0 Å². The lowest BCUT2D eigenvalue weighted by Gasteiger charge is -2.39. The number of piperidine rings is 1. The van der Waals surface area contributed by atoms with E-state index < -0.39 is 0 Å². The van der Waals surface area contributed by atoms with Crippen LogP contribution in [0.4, 0.5) is 5.82 Å². The minimum absolute atomic E-state index is 0.163. The molecule has 0 spiro atoms. The van der Waals surface area contributed by atoms with Crippen LogP contribution in [0.5, 0.6) is 0 Å². The molecule has 1 N–H and O–H groups in total. The molecule has 2 heterocycles. The molecule has 0 radical (unpaired) electrons. The summed E-state index contributed by atoms with van der Waals surface area (Å²) in [6.07, 6.45) is 5.65. The molecule has 1 atom stereocenters. The highest BCUT2D eigenvalue weighted by Crippen LogP contribution is 2.25. The number of nitrogens with one attached hydrogen (secondary N) is 1. The monoisotopic (exact) mass is 276 g/mol. The summed E-state index contributed by atoms with van der Waals surface area (Å²) < 4.78 is 0. The van der Waals surface area contributed by atoms with E-state index in [1.54, 1.807) is 0 Å². The number of aryl methyl sites for hydroxylation is 2. The minimum Gasteiger partial charge on any atom is -0.351 e. The van der Waals surface area contributed by atoms with E-state index in [4.69, 9.17) is 4.98 Å². The molecule has 2 rings (SSSR count). The molecule has 1 unspecified atom stereocenters. The van der Waals surface area contributed by atoms with Crippen LogP contribution in [0.1, 0.15) is 51.4 Å². The molecule has 0 saturated carbocycles. The van der Waals surface area contributed by atoms with Gasteiger partial charge in [-0.05, 0) is 53.9 Å². The van der Waals surface area contributed by atoms with E-state index in [2.05, 4.69) is 42.9 Å². The predicted octanol–water partition coefficient (Wildman–Crippen LogP) is 2.84. The molecule has 1 aromatic heterocycles. The van der Waals surface area contributed by atoms with Gasteiger partial charge in [-0.25, -0.2) is 4.98 Å². The lowest BCUT2D eigenvalue weighted by molar-refractivity contribution is 0.365. The van der Waals surface area contributed by atoms with Gasteiger partial charge >= 0.3 is 0 Å². The summed E-state index contributed by atoms with van der Waals surface area (Å²) in [6, 6.07) is 0.526. The number of rotatable bonds is 3. The lowest BCUT2D eigenvalue weighted by Crippen LogP contribution is -2.50. The van der Waals surface area contributed by atoms with Crippen molar-refractivity contribution >= 4 is 5.82 Å². The second kappa shape index (κ2) is 6.08. The Balaban J connectivity index is 2.16. The molecule has 20 heavy (non-hydrogen) atoms. The summed E-state index contributed by atoms with van der Waals surface area (Å²) in [6.45, 7) is 12.8. The fourth-order valence-corrected chi connectivity index (χ4v) is 2.71. The second-order valence-electron chi connectivity index (χ2n) is 6.89. The van der Waals surface area contributed by atoms with Gasteiger partial charge in [0.2, 0.25) is 0 Å². The number of hydrogen-bond acceptors (Lipinski definition) is 4. The van der Waals surface area contributed by atoms with Crippen LogP contribution >= 0.6 is 0 Å². The van der Waals surface area contributed by atoms with Crippen LogP contribution in [0.2, 0.25) is 0 Å². The van der Waals surface area contributed by atoms with Gasteiger partial charge < -0.3 is 10.2 Å². The zero-order valence-electron chi connectivity index (χ0n) is 13.5. The fraction of sp³-hybridized carbons (Fsp3) is 0.750. The molecule has 112 valence electrons. The van der Waals surface area contributed by atoms with Gasteiger partial charge in [-0.1, -0.05) is 0 Å². The van der Waals surface area contributed by atoms with Crippen molar-refractivity contribution in [2.45, 2.75) is 65.5 Å². The largest absolute Gasteiger partial charge is 0.351 e. The number of nitrogens with zero attached hydrogens (tertiary/aromatic N) is 3. The summed E-state index contributed by atoms with van der Waals surface area (Å²) in [5, 5.41) is 3.64. The van der Waals surface area contributed by atoms with E-state index in [0.717, 1.165) is 30.3 Å². The third-order valence-corrected chi connectivity index (χ3v) is 3.82. The molecule has 0 bridgehead atoms. The summed E-state index contributed by atoms with van der Waals surface area (Å²) >= 11 is 0. The smallest absolute Gasteiger partial charge is 0.150 e. The van der Waals surface area contributed by atoms with Gasteiger partial charge in [0.15, 0.2) is 5.82 Å². The van der Waals surface area contributed by atoms with Gasteiger partial charge in [0, 0.05) is 30.9 Å². The van der Waals surface area contributed by atoms with Gasteiger partial charge in [0.25, 0.3) is 0 Å². The van der Waals surface area contributed by atoms with Crippen LogP contribution < -0.4 is 10.2 Å². The first-order chi connectivity index (χ1) is 9.37. The van der Waals surface area contributed by atoms with Crippen LogP contribution in [-0.4, -0.2) is 34.6 Å². The Labute approximate surface area is 123 Å². The molecule has 0 amide bonds. The maximum atomic E-state index is 4.73. The van der Waals surface area contributed by atoms with Crippen LogP contribution in [0.25, 0.3) is 0 Å². The maximum Gasteiger partial charge on any atom is 0.150 e. The fourth-order valence-electron chi connectivity index (χ4n) is 2.71. The van der Waals surface area contributed by atoms with E-state index >= 15 is 0 Å². The predicted molar refractivity (Wildman–Crippen MR) is 84.2 cm³/mol. The third-order valence-electron chi connectivity index (χ3n) is 3.82. The average Bonchev–Trinajstić information content (AvgIpc) is 2.39. The molecule has 1 aliphatic rings. The Morgan fingerprint density at radius 1 is 1.30 bits per heavy atom. The summed E-state index contributed by atoms with van der Waals surface area (Å²) in [5.41, 5.74) is 2.20. The molecule has 1 saturated heterocycles. The molecule has 0 aliphatic carbocycles. The topological polar surface area (TPSA) is 41.1 Å². The molecular weight excluding hydrogens is 248 g/mol. The van der Waals surface area contributed by atoms with E-state index in [1.165, 1.54) is 19.3 Å². The Kier molecular flexibility index (Phi) is 4.63. The molecule has 4 heteroatoms. The standard InChI is InChI=1S/C16H28N4/c1-12-10-17-13(2)15(19-12)20-9-7-6-8-14(20)11-18-16(3,4)5/h10,14,18H,6-9,11H2,1-5H3.